The van der Waals surface area contributed by atoms with Gasteiger partial charge >= 0.3 is 11.7 Å². The number of urea groups is 1. The van der Waals surface area contributed by atoms with Crippen molar-refractivity contribution in [3.8, 4) is 0 Å². The number of amides is 2. The summed E-state index contributed by atoms with van der Waals surface area (Å²) in [6.07, 6.45) is 5.38. The molecule has 3 N–H and O–H groups in total. The lowest BCUT2D eigenvalue weighted by molar-refractivity contribution is 0.0690. The third-order valence-electron chi connectivity index (χ3n) is 8.36. The number of benzene rings is 1. The van der Waals surface area contributed by atoms with Gasteiger partial charge in [0.05, 0.1) is 23.4 Å². The fourth-order valence-corrected chi connectivity index (χ4v) is 6.27. The number of aromatic nitrogens is 5. The van der Waals surface area contributed by atoms with Gasteiger partial charge in [-0.2, -0.15) is 0 Å². The zero-order valence-electron chi connectivity index (χ0n) is 23.0. The van der Waals surface area contributed by atoms with Crippen LogP contribution in [-0.4, -0.2) is 53.2 Å². The minimum Gasteiger partial charge on any atom is -0.384 e. The van der Waals surface area contributed by atoms with Gasteiger partial charge in [0.25, 0.3) is 0 Å². The van der Waals surface area contributed by atoms with Crippen molar-refractivity contribution in [1.29, 1.82) is 0 Å². The van der Waals surface area contributed by atoms with Crippen molar-refractivity contribution >= 4 is 17.2 Å². The second kappa shape index (κ2) is 10.4. The van der Waals surface area contributed by atoms with E-state index in [2.05, 4.69) is 20.3 Å². The molecule has 4 aromatic rings. The standard InChI is InChI=1S/C29H33F2N7O3/c1-29(2,41)23-15-33-26-21(9-8-17(16-37(23)26)19-5-3-6-20(30)24(19)31)34-27(39)36-13-10-18(11-14-36)38-22-7-4-12-32-25(22)35-28(38)40/h3-7,12,15,17-18,21,41H,8-11,13-14,16H2,1-2H3,(H,34,39)(H,32,35,40)/t17-,21-/m1/s1. The summed E-state index contributed by atoms with van der Waals surface area (Å²) in [5, 5.41) is 13.9. The monoisotopic (exact) mass is 565 g/mol. The number of carbonyl (C=O) groups excluding carboxylic acids is 1. The number of pyridine rings is 1. The molecule has 1 fully saturated rings. The number of likely N-dealkylation sites (tertiary alicyclic amines) is 1. The Hall–Kier alpha value is -4.06. The summed E-state index contributed by atoms with van der Waals surface area (Å²) in [6, 6.07) is 7.03. The third kappa shape index (κ3) is 5.01. The maximum absolute atomic E-state index is 14.8. The molecule has 216 valence electrons. The number of halogens is 2. The Labute approximate surface area is 235 Å². The molecule has 12 heteroatoms. The Kier molecular flexibility index (Phi) is 6.88. The van der Waals surface area contributed by atoms with Crippen LogP contribution in [0.3, 0.4) is 0 Å². The minimum atomic E-state index is -1.23. The van der Waals surface area contributed by atoms with E-state index in [1.807, 2.05) is 10.6 Å². The van der Waals surface area contributed by atoms with E-state index in [1.54, 1.807) is 47.8 Å². The van der Waals surface area contributed by atoms with E-state index in [4.69, 9.17) is 0 Å². The maximum Gasteiger partial charge on any atom is 0.327 e. The van der Waals surface area contributed by atoms with Crippen LogP contribution in [0.5, 0.6) is 0 Å². The SMILES string of the molecule is CC(C)(O)c1cnc2n1C[C@H](c1cccc(F)c1F)CC[C@H]2NC(=O)N1CCC(n2c(=O)[nH]c3ncccc32)CC1. The molecule has 0 unspecified atom stereocenters. The van der Waals surface area contributed by atoms with E-state index in [0.29, 0.717) is 62.5 Å². The largest absolute Gasteiger partial charge is 0.384 e. The number of hydrogen-bond donors (Lipinski definition) is 3. The van der Waals surface area contributed by atoms with E-state index < -0.39 is 23.3 Å². The van der Waals surface area contributed by atoms with E-state index in [-0.39, 0.29) is 29.2 Å². The second-order valence-electron chi connectivity index (χ2n) is 11.5. The molecule has 2 aliphatic heterocycles. The molecule has 1 aromatic carbocycles. The Morgan fingerprint density at radius 2 is 1.88 bits per heavy atom. The number of nitrogens with one attached hydrogen (secondary N) is 2. The average molecular weight is 566 g/mol. The Bertz CT molecular complexity index is 1650. The Morgan fingerprint density at radius 3 is 2.63 bits per heavy atom. The van der Waals surface area contributed by atoms with Crippen LogP contribution in [-0.2, 0) is 12.1 Å². The molecular weight excluding hydrogens is 532 g/mol. The Morgan fingerprint density at radius 1 is 1.10 bits per heavy atom. The van der Waals surface area contributed by atoms with Crippen LogP contribution in [0.25, 0.3) is 11.2 Å². The molecule has 0 radical (unpaired) electrons. The lowest BCUT2D eigenvalue weighted by Crippen LogP contribution is -2.46. The number of imidazole rings is 2. The number of H-pyrrole nitrogens is 1. The number of carbonyl (C=O) groups is 1. The van der Waals surface area contributed by atoms with Gasteiger partial charge in [-0.25, -0.2) is 28.3 Å². The predicted molar refractivity (Wildman–Crippen MR) is 147 cm³/mol. The van der Waals surface area contributed by atoms with Gasteiger partial charge in [-0.15, -0.1) is 0 Å². The molecule has 2 aliphatic rings. The molecule has 3 aromatic heterocycles. The van der Waals surface area contributed by atoms with Gasteiger partial charge in [0.1, 0.15) is 11.4 Å². The third-order valence-corrected chi connectivity index (χ3v) is 8.36. The number of aliphatic hydroxyl groups is 1. The molecule has 41 heavy (non-hydrogen) atoms. The molecule has 0 saturated carbocycles. The molecule has 1 saturated heterocycles. The van der Waals surface area contributed by atoms with Crippen molar-refractivity contribution in [2.24, 2.45) is 0 Å². The number of hydrogen-bond acceptors (Lipinski definition) is 5. The van der Waals surface area contributed by atoms with Gasteiger partial charge < -0.3 is 19.9 Å². The normalized spacial score (nSPS) is 20.2. The van der Waals surface area contributed by atoms with Crippen molar-refractivity contribution in [1.82, 2.24) is 34.3 Å². The zero-order valence-corrected chi connectivity index (χ0v) is 23.0. The van der Waals surface area contributed by atoms with Crippen LogP contribution in [0.1, 0.15) is 74.6 Å². The van der Waals surface area contributed by atoms with Gasteiger partial charge in [-0.1, -0.05) is 12.1 Å². The first kappa shape index (κ1) is 27.1. The highest BCUT2D eigenvalue weighted by atomic mass is 19.2. The van der Waals surface area contributed by atoms with Crippen LogP contribution >= 0.6 is 0 Å². The second-order valence-corrected chi connectivity index (χ2v) is 11.5. The summed E-state index contributed by atoms with van der Waals surface area (Å²) in [6.45, 7) is 4.51. The zero-order chi connectivity index (χ0) is 28.9. The van der Waals surface area contributed by atoms with E-state index >= 15 is 0 Å². The molecule has 0 aliphatic carbocycles. The van der Waals surface area contributed by atoms with Gasteiger partial charge in [0.2, 0.25) is 0 Å². The summed E-state index contributed by atoms with van der Waals surface area (Å²) in [7, 11) is 0. The number of aromatic amines is 1. The molecule has 0 spiro atoms. The van der Waals surface area contributed by atoms with Crippen molar-refractivity contribution < 1.29 is 18.7 Å². The van der Waals surface area contributed by atoms with Gasteiger partial charge in [0.15, 0.2) is 17.3 Å². The van der Waals surface area contributed by atoms with E-state index in [0.717, 1.165) is 11.6 Å². The smallest absolute Gasteiger partial charge is 0.327 e. The van der Waals surface area contributed by atoms with Crippen LogP contribution in [0.15, 0.2) is 47.5 Å². The van der Waals surface area contributed by atoms with Crippen molar-refractivity contribution in [3.05, 3.63) is 81.9 Å². The predicted octanol–water partition coefficient (Wildman–Crippen LogP) is 4.09. The van der Waals surface area contributed by atoms with E-state index in [9.17, 15) is 23.5 Å². The molecule has 0 bridgehead atoms. The summed E-state index contributed by atoms with van der Waals surface area (Å²) in [4.78, 5) is 39.4. The van der Waals surface area contributed by atoms with Crippen molar-refractivity contribution in [2.75, 3.05) is 13.1 Å². The lowest BCUT2D eigenvalue weighted by atomic mass is 9.92. The highest BCUT2D eigenvalue weighted by Gasteiger charge is 2.35. The quantitative estimate of drug-likeness (QED) is 0.344. The molecule has 6 rings (SSSR count). The van der Waals surface area contributed by atoms with Crippen LogP contribution in [0.2, 0.25) is 0 Å². The van der Waals surface area contributed by atoms with Crippen molar-refractivity contribution in [2.45, 2.75) is 69.7 Å². The average Bonchev–Trinajstić information content (AvgIpc) is 3.47. The Balaban J connectivity index is 1.20. The highest BCUT2D eigenvalue weighted by molar-refractivity contribution is 5.75. The summed E-state index contributed by atoms with van der Waals surface area (Å²) in [5.74, 6) is -1.58. The van der Waals surface area contributed by atoms with Gasteiger partial charge in [0, 0.05) is 37.8 Å². The summed E-state index contributed by atoms with van der Waals surface area (Å²) < 4.78 is 32.4. The fraction of sp³-hybridized carbons (Fsp3) is 0.448. The topological polar surface area (TPSA) is 121 Å². The molecule has 2 amide bonds. The minimum absolute atomic E-state index is 0.0578. The first-order valence-electron chi connectivity index (χ1n) is 13.9. The van der Waals surface area contributed by atoms with Gasteiger partial charge in [-0.05, 0) is 63.3 Å². The van der Waals surface area contributed by atoms with Crippen LogP contribution in [0, 0.1) is 11.6 Å². The number of piperidine rings is 1. The number of fused-ring (bicyclic) bond motifs is 2. The van der Waals surface area contributed by atoms with Gasteiger partial charge in [-0.3, -0.25) is 9.55 Å². The maximum atomic E-state index is 14.8. The molecular formula is C29H33F2N7O3. The highest BCUT2D eigenvalue weighted by Crippen LogP contribution is 2.37. The van der Waals surface area contributed by atoms with Crippen LogP contribution in [0.4, 0.5) is 13.6 Å². The van der Waals surface area contributed by atoms with Crippen LogP contribution < -0.4 is 11.0 Å². The molecule has 2 atom stereocenters. The lowest BCUT2D eigenvalue weighted by Gasteiger charge is -2.33. The molecule has 10 nitrogen and oxygen atoms in total. The first-order valence-corrected chi connectivity index (χ1v) is 13.9. The molecule has 5 heterocycles. The fourth-order valence-electron chi connectivity index (χ4n) is 6.27. The summed E-state index contributed by atoms with van der Waals surface area (Å²) >= 11 is 0. The summed E-state index contributed by atoms with van der Waals surface area (Å²) in [5.41, 5.74) is 0.658. The first-order chi connectivity index (χ1) is 19.6. The van der Waals surface area contributed by atoms with E-state index in [1.165, 1.54) is 6.07 Å². The number of nitrogens with zero attached hydrogens (tertiary/aromatic N) is 5. The van der Waals surface area contributed by atoms with Crippen molar-refractivity contribution in [3.63, 3.8) is 0 Å². The number of rotatable bonds is 4.